The van der Waals surface area contributed by atoms with E-state index in [0.29, 0.717) is 19.5 Å². The van der Waals surface area contributed by atoms with E-state index in [-0.39, 0.29) is 11.9 Å². The van der Waals surface area contributed by atoms with E-state index in [1.54, 1.807) is 0 Å². The SMILES string of the molecule is CC(=O)NC1CCN(S(C)(=O)=O)C1. The van der Waals surface area contributed by atoms with Gasteiger partial charge in [0.05, 0.1) is 6.26 Å². The summed E-state index contributed by atoms with van der Waals surface area (Å²) in [5, 5.41) is 2.70. The van der Waals surface area contributed by atoms with Gasteiger partial charge in [-0.2, -0.15) is 0 Å². The van der Waals surface area contributed by atoms with E-state index >= 15 is 0 Å². The molecule has 13 heavy (non-hydrogen) atoms. The molecular weight excluding hydrogens is 192 g/mol. The first-order valence-electron chi connectivity index (χ1n) is 4.12. The highest BCUT2D eigenvalue weighted by molar-refractivity contribution is 7.88. The van der Waals surface area contributed by atoms with Gasteiger partial charge in [0.15, 0.2) is 0 Å². The largest absolute Gasteiger partial charge is 0.352 e. The second-order valence-corrected chi connectivity index (χ2v) is 5.29. The van der Waals surface area contributed by atoms with Gasteiger partial charge in [-0.15, -0.1) is 0 Å². The van der Waals surface area contributed by atoms with Crippen molar-refractivity contribution in [3.63, 3.8) is 0 Å². The normalized spacial score (nSPS) is 24.6. The Morgan fingerprint density at radius 3 is 2.54 bits per heavy atom. The number of hydrogen-bond donors (Lipinski definition) is 1. The Bertz CT molecular complexity index is 299. The second kappa shape index (κ2) is 3.63. The Balaban J connectivity index is 2.50. The van der Waals surface area contributed by atoms with Crippen molar-refractivity contribution < 1.29 is 13.2 Å². The molecule has 6 heteroatoms. The van der Waals surface area contributed by atoms with Crippen molar-refractivity contribution in [2.75, 3.05) is 19.3 Å². The molecule has 1 heterocycles. The van der Waals surface area contributed by atoms with Crippen molar-refractivity contribution >= 4 is 15.9 Å². The number of carbonyl (C=O) groups excluding carboxylic acids is 1. The van der Waals surface area contributed by atoms with E-state index < -0.39 is 10.0 Å². The van der Waals surface area contributed by atoms with E-state index in [0.717, 1.165) is 0 Å². The smallest absolute Gasteiger partial charge is 0.217 e. The average molecular weight is 206 g/mol. The molecule has 0 aliphatic carbocycles. The monoisotopic (exact) mass is 206 g/mol. The summed E-state index contributed by atoms with van der Waals surface area (Å²) in [5.41, 5.74) is 0. The van der Waals surface area contributed by atoms with Crippen LogP contribution in [0.4, 0.5) is 0 Å². The Hall–Kier alpha value is -0.620. The van der Waals surface area contributed by atoms with Crippen molar-refractivity contribution in [3.05, 3.63) is 0 Å². The molecule has 76 valence electrons. The summed E-state index contributed by atoms with van der Waals surface area (Å²) in [6.07, 6.45) is 1.88. The number of nitrogens with one attached hydrogen (secondary N) is 1. The number of amides is 1. The minimum absolute atomic E-state index is 0.0211. The summed E-state index contributed by atoms with van der Waals surface area (Å²) >= 11 is 0. The van der Waals surface area contributed by atoms with E-state index in [2.05, 4.69) is 5.32 Å². The molecule has 1 atom stereocenters. The van der Waals surface area contributed by atoms with Crippen LogP contribution in [0.1, 0.15) is 13.3 Å². The highest BCUT2D eigenvalue weighted by atomic mass is 32.2. The van der Waals surface area contributed by atoms with Gasteiger partial charge in [-0.3, -0.25) is 4.79 Å². The van der Waals surface area contributed by atoms with Crippen LogP contribution in [0, 0.1) is 0 Å². The lowest BCUT2D eigenvalue weighted by atomic mass is 10.3. The van der Waals surface area contributed by atoms with Gasteiger partial charge in [-0.05, 0) is 6.42 Å². The number of sulfonamides is 1. The zero-order valence-electron chi connectivity index (χ0n) is 7.78. The summed E-state index contributed by atoms with van der Waals surface area (Å²) in [6, 6.07) is -0.0211. The van der Waals surface area contributed by atoms with Crippen molar-refractivity contribution in [2.24, 2.45) is 0 Å². The molecule has 1 aliphatic rings. The van der Waals surface area contributed by atoms with Crippen LogP contribution < -0.4 is 5.32 Å². The fourth-order valence-electron chi connectivity index (χ4n) is 1.43. The third-order valence-corrected chi connectivity index (χ3v) is 3.30. The number of carbonyl (C=O) groups is 1. The molecule has 0 saturated carbocycles. The molecule has 0 aromatic heterocycles. The molecule has 0 spiro atoms. The Labute approximate surface area is 78.2 Å². The first kappa shape index (κ1) is 10.5. The molecular formula is C7H14N2O3S. The van der Waals surface area contributed by atoms with Crippen LogP contribution in [0.5, 0.6) is 0 Å². The fraction of sp³-hybridized carbons (Fsp3) is 0.857. The maximum Gasteiger partial charge on any atom is 0.217 e. The summed E-state index contributed by atoms with van der Waals surface area (Å²) in [7, 11) is -3.09. The van der Waals surface area contributed by atoms with E-state index in [9.17, 15) is 13.2 Å². The molecule has 1 N–H and O–H groups in total. The van der Waals surface area contributed by atoms with Gasteiger partial charge >= 0.3 is 0 Å². The van der Waals surface area contributed by atoms with Crippen LogP contribution >= 0.6 is 0 Å². The minimum Gasteiger partial charge on any atom is -0.352 e. The molecule has 0 radical (unpaired) electrons. The van der Waals surface area contributed by atoms with Crippen molar-refractivity contribution in [1.82, 2.24) is 9.62 Å². The first-order chi connectivity index (χ1) is 5.89. The van der Waals surface area contributed by atoms with Gasteiger partial charge in [0.1, 0.15) is 0 Å². The summed E-state index contributed by atoms with van der Waals surface area (Å²) in [4.78, 5) is 10.7. The predicted molar refractivity (Wildman–Crippen MR) is 48.6 cm³/mol. The highest BCUT2D eigenvalue weighted by Crippen LogP contribution is 2.12. The van der Waals surface area contributed by atoms with Gasteiger partial charge < -0.3 is 5.32 Å². The van der Waals surface area contributed by atoms with Crippen molar-refractivity contribution in [3.8, 4) is 0 Å². The molecule has 1 saturated heterocycles. The summed E-state index contributed by atoms with van der Waals surface area (Å²) in [6.45, 7) is 2.34. The van der Waals surface area contributed by atoms with Crippen molar-refractivity contribution in [2.45, 2.75) is 19.4 Å². The summed E-state index contributed by atoms with van der Waals surface area (Å²) in [5.74, 6) is -0.111. The second-order valence-electron chi connectivity index (χ2n) is 3.31. The molecule has 1 unspecified atom stereocenters. The van der Waals surface area contributed by atoms with Crippen LogP contribution in [-0.2, 0) is 14.8 Å². The molecule has 1 aliphatic heterocycles. The van der Waals surface area contributed by atoms with Crippen LogP contribution in [0.15, 0.2) is 0 Å². The molecule has 1 rings (SSSR count). The molecule has 0 aromatic carbocycles. The maximum absolute atomic E-state index is 11.1. The van der Waals surface area contributed by atoms with Gasteiger partial charge in [0, 0.05) is 26.1 Å². The lowest BCUT2D eigenvalue weighted by Gasteiger charge is -2.13. The highest BCUT2D eigenvalue weighted by Gasteiger charge is 2.28. The number of rotatable bonds is 2. The quantitative estimate of drug-likeness (QED) is 0.640. The predicted octanol–water partition coefficient (Wildman–Crippen LogP) is -0.844. The van der Waals surface area contributed by atoms with Crippen molar-refractivity contribution in [1.29, 1.82) is 0 Å². The molecule has 0 aromatic rings. The van der Waals surface area contributed by atoms with E-state index in [1.165, 1.54) is 17.5 Å². The van der Waals surface area contributed by atoms with Crippen LogP contribution in [-0.4, -0.2) is 44.0 Å². The summed E-state index contributed by atoms with van der Waals surface area (Å²) < 4.78 is 23.5. The van der Waals surface area contributed by atoms with Gasteiger partial charge in [0.25, 0.3) is 0 Å². The van der Waals surface area contributed by atoms with Gasteiger partial charge in [0.2, 0.25) is 15.9 Å². The third-order valence-electron chi connectivity index (χ3n) is 2.03. The van der Waals surface area contributed by atoms with E-state index in [4.69, 9.17) is 0 Å². The van der Waals surface area contributed by atoms with Crippen LogP contribution in [0.2, 0.25) is 0 Å². The van der Waals surface area contributed by atoms with Crippen LogP contribution in [0.25, 0.3) is 0 Å². The molecule has 0 bridgehead atoms. The molecule has 1 amide bonds. The standard InChI is InChI=1S/C7H14N2O3S/c1-6(10)8-7-3-4-9(5-7)13(2,11)12/h7H,3-5H2,1-2H3,(H,8,10). The van der Waals surface area contributed by atoms with Gasteiger partial charge in [-0.25, -0.2) is 12.7 Å². The first-order valence-corrected chi connectivity index (χ1v) is 5.96. The average Bonchev–Trinajstić information content (AvgIpc) is 2.32. The zero-order chi connectivity index (χ0) is 10.1. The molecule has 1 fully saturated rings. The number of hydrogen-bond acceptors (Lipinski definition) is 3. The Morgan fingerprint density at radius 1 is 1.54 bits per heavy atom. The van der Waals surface area contributed by atoms with Crippen LogP contribution in [0.3, 0.4) is 0 Å². The molecule has 5 nitrogen and oxygen atoms in total. The lowest BCUT2D eigenvalue weighted by molar-refractivity contribution is -0.119. The van der Waals surface area contributed by atoms with E-state index in [1.807, 2.05) is 0 Å². The number of nitrogens with zero attached hydrogens (tertiary/aromatic N) is 1. The van der Waals surface area contributed by atoms with Gasteiger partial charge in [-0.1, -0.05) is 0 Å². The zero-order valence-corrected chi connectivity index (χ0v) is 8.60. The Kier molecular flexibility index (Phi) is 2.92. The third kappa shape index (κ3) is 2.96. The maximum atomic E-state index is 11.1. The minimum atomic E-state index is -3.09. The Morgan fingerprint density at radius 2 is 2.15 bits per heavy atom. The fourth-order valence-corrected chi connectivity index (χ4v) is 2.32. The topological polar surface area (TPSA) is 66.5 Å². The lowest BCUT2D eigenvalue weighted by Crippen LogP contribution is -2.36.